The molecule has 4 radical (unpaired) electrons. The van der Waals surface area contributed by atoms with Crippen LogP contribution in [0, 0.1) is 0 Å². The van der Waals surface area contributed by atoms with Gasteiger partial charge >= 0.3 is 0 Å². The highest BCUT2D eigenvalue weighted by Gasteiger charge is 2.23. The predicted octanol–water partition coefficient (Wildman–Crippen LogP) is 2.95. The van der Waals surface area contributed by atoms with E-state index >= 15 is 0 Å². The van der Waals surface area contributed by atoms with E-state index in [1.165, 1.54) is 43.3 Å². The third-order valence-electron chi connectivity index (χ3n) is 5.93. The maximum atomic E-state index is 12.8. The number of hydrogen-bond acceptors (Lipinski definition) is 5. The lowest BCUT2D eigenvalue weighted by Crippen LogP contribution is -2.34. The fourth-order valence-electron chi connectivity index (χ4n) is 4.04. The van der Waals surface area contributed by atoms with Crippen molar-refractivity contribution in [2.45, 2.75) is 31.2 Å². The molecule has 0 spiro atoms. The lowest BCUT2D eigenvalue weighted by molar-refractivity contribution is 0.0996. The molecule has 3 N–H and O–H groups in total. The number of pyridine rings is 1. The minimum Gasteiger partial charge on any atom is -0.501 e. The lowest BCUT2D eigenvalue weighted by Gasteiger charge is -2.29. The molecule has 35 heavy (non-hydrogen) atoms. The zero-order valence-corrected chi connectivity index (χ0v) is 19.4. The smallest absolute Gasteiger partial charge is 0.255 e. The number of nitrogens with one attached hydrogen (secondary N) is 1. The van der Waals surface area contributed by atoms with Gasteiger partial charge in [-0.1, -0.05) is 30.7 Å². The summed E-state index contributed by atoms with van der Waals surface area (Å²) < 4.78 is 5.67. The fourth-order valence-corrected chi connectivity index (χ4v) is 4.04. The molecule has 2 aromatic carbocycles. The van der Waals surface area contributed by atoms with Gasteiger partial charge in [-0.05, 0) is 67.4 Å². The number of anilines is 1. The van der Waals surface area contributed by atoms with Gasteiger partial charge in [0.2, 0.25) is 5.91 Å². The molecule has 0 unspecified atom stereocenters. The number of nitrogens with two attached hydrogens (primary N) is 1. The molecule has 1 aliphatic rings. The number of primary amides is 1. The summed E-state index contributed by atoms with van der Waals surface area (Å²) in [5, 5.41) is 1.13. The van der Waals surface area contributed by atoms with Crippen LogP contribution in [0.2, 0.25) is 0 Å². The fraction of sp³-hybridized carbons (Fsp3) is 0.269. The Bertz CT molecular complexity index is 1200. The Balaban J connectivity index is 1.41. The molecule has 0 aliphatic carbocycles. The first-order chi connectivity index (χ1) is 16.8. The molecule has 2 amide bonds. The number of likely N-dealkylation sites (tertiary alicyclic amines) is 1. The van der Waals surface area contributed by atoms with Crippen molar-refractivity contribution >= 4 is 33.2 Å². The Morgan fingerprint density at radius 1 is 1.00 bits per heavy atom. The summed E-state index contributed by atoms with van der Waals surface area (Å²) in [6, 6.07) is 15.8. The van der Waals surface area contributed by atoms with Crippen LogP contribution in [-0.4, -0.2) is 50.5 Å². The molecule has 2 heterocycles. The zero-order chi connectivity index (χ0) is 24.8. The van der Waals surface area contributed by atoms with Gasteiger partial charge in [0, 0.05) is 29.4 Å². The van der Waals surface area contributed by atoms with E-state index in [1.807, 2.05) is 24.3 Å². The summed E-state index contributed by atoms with van der Waals surface area (Å²) in [7, 11) is 12.4. The molecule has 7 nitrogen and oxygen atoms in total. The standard InChI is InChI=1S/C26H26B2N4O3/c27-26(28,35-23-13-20(24(29)33)15-30-16-23)21-5-4-6-22(14-21)31-25(34)19-9-7-18(8-10-19)17-32-11-2-1-3-12-32/h4-10,13-16H,1-3,11-12,17H2,(H2,29,33)(H,31,34). The highest BCUT2D eigenvalue weighted by molar-refractivity contribution is 6.39. The van der Waals surface area contributed by atoms with Gasteiger partial charge in [0.05, 0.1) is 11.8 Å². The second kappa shape index (κ2) is 10.8. The van der Waals surface area contributed by atoms with Crippen LogP contribution in [0.5, 0.6) is 5.75 Å². The maximum absolute atomic E-state index is 12.8. The van der Waals surface area contributed by atoms with Crippen molar-refractivity contribution in [3.8, 4) is 5.75 Å². The lowest BCUT2D eigenvalue weighted by atomic mass is 9.61. The molecule has 4 rings (SSSR count). The Labute approximate surface area is 207 Å². The topological polar surface area (TPSA) is 97.5 Å². The van der Waals surface area contributed by atoms with Gasteiger partial charge < -0.3 is 15.8 Å². The van der Waals surface area contributed by atoms with Crippen LogP contribution in [0.3, 0.4) is 0 Å². The second-order valence-electron chi connectivity index (χ2n) is 8.74. The third-order valence-corrected chi connectivity index (χ3v) is 5.93. The first kappa shape index (κ1) is 24.5. The minimum absolute atomic E-state index is 0.168. The van der Waals surface area contributed by atoms with Crippen molar-refractivity contribution in [1.82, 2.24) is 9.88 Å². The van der Waals surface area contributed by atoms with Crippen molar-refractivity contribution < 1.29 is 14.3 Å². The van der Waals surface area contributed by atoms with Crippen molar-refractivity contribution in [3.63, 3.8) is 0 Å². The second-order valence-corrected chi connectivity index (χ2v) is 8.74. The summed E-state index contributed by atoms with van der Waals surface area (Å²) >= 11 is 0. The molecule has 0 atom stereocenters. The van der Waals surface area contributed by atoms with Crippen LogP contribution in [-0.2, 0) is 11.9 Å². The van der Waals surface area contributed by atoms with E-state index in [0.29, 0.717) is 16.8 Å². The highest BCUT2D eigenvalue weighted by Crippen LogP contribution is 2.25. The molecular formula is C26H26B2N4O3. The molecule has 1 aliphatic heterocycles. The van der Waals surface area contributed by atoms with Gasteiger partial charge in [-0.2, -0.15) is 0 Å². The number of hydrogen-bond donors (Lipinski definition) is 2. The van der Waals surface area contributed by atoms with Crippen molar-refractivity contribution in [1.29, 1.82) is 0 Å². The van der Waals surface area contributed by atoms with E-state index in [0.717, 1.165) is 19.6 Å². The van der Waals surface area contributed by atoms with E-state index < -0.39 is 11.3 Å². The zero-order valence-electron chi connectivity index (χ0n) is 19.4. The molecule has 1 fully saturated rings. The van der Waals surface area contributed by atoms with Crippen molar-refractivity contribution in [2.75, 3.05) is 18.4 Å². The van der Waals surface area contributed by atoms with Crippen LogP contribution in [0.4, 0.5) is 5.69 Å². The van der Waals surface area contributed by atoms with E-state index in [9.17, 15) is 9.59 Å². The number of aromatic nitrogens is 1. The summed E-state index contributed by atoms with van der Waals surface area (Å²) in [6.45, 7) is 3.15. The van der Waals surface area contributed by atoms with E-state index in [4.69, 9.17) is 26.2 Å². The number of rotatable bonds is 8. The molecule has 1 aromatic heterocycles. The first-order valence-corrected chi connectivity index (χ1v) is 11.5. The van der Waals surface area contributed by atoms with Crippen LogP contribution in [0.25, 0.3) is 0 Å². The molecule has 0 bridgehead atoms. The van der Waals surface area contributed by atoms with Crippen molar-refractivity contribution in [2.24, 2.45) is 5.73 Å². The maximum Gasteiger partial charge on any atom is 0.255 e. The minimum atomic E-state index is -1.74. The van der Waals surface area contributed by atoms with Gasteiger partial charge in [-0.3, -0.25) is 19.5 Å². The van der Waals surface area contributed by atoms with E-state index in [-0.39, 0.29) is 17.2 Å². The average molecular weight is 464 g/mol. The molecule has 174 valence electrons. The summed E-state index contributed by atoms with van der Waals surface area (Å²) in [6.07, 6.45) is 6.49. The summed E-state index contributed by atoms with van der Waals surface area (Å²) in [5.74, 6) is -0.706. The number of piperidine rings is 1. The van der Waals surface area contributed by atoms with Gasteiger partial charge in [0.15, 0.2) is 0 Å². The van der Waals surface area contributed by atoms with Crippen LogP contribution < -0.4 is 15.8 Å². The number of ether oxygens (including phenoxy) is 1. The largest absolute Gasteiger partial charge is 0.501 e. The molecule has 1 saturated heterocycles. The molecule has 0 saturated carbocycles. The van der Waals surface area contributed by atoms with Crippen LogP contribution in [0.15, 0.2) is 67.0 Å². The van der Waals surface area contributed by atoms with Crippen LogP contribution in [0.1, 0.15) is 51.1 Å². The Morgan fingerprint density at radius 2 is 1.74 bits per heavy atom. The SMILES string of the molecule is [B]C([B])(Oc1cncc(C(N)=O)c1)c1cccc(NC(=O)c2ccc(CN3CCCCC3)cc2)c1. The monoisotopic (exact) mass is 464 g/mol. The summed E-state index contributed by atoms with van der Waals surface area (Å²) in [5.41, 5.74) is 8.12. The average Bonchev–Trinajstić information content (AvgIpc) is 2.85. The third kappa shape index (κ3) is 6.51. The number of amides is 2. The Morgan fingerprint density at radius 3 is 2.46 bits per heavy atom. The van der Waals surface area contributed by atoms with Crippen LogP contribution >= 0.6 is 0 Å². The van der Waals surface area contributed by atoms with Crippen molar-refractivity contribution in [3.05, 3.63) is 89.2 Å². The van der Waals surface area contributed by atoms with E-state index in [2.05, 4.69) is 15.2 Å². The van der Waals surface area contributed by atoms with Gasteiger partial charge in [-0.15, -0.1) is 0 Å². The number of carbonyl (C=O) groups excluding carboxylic acids is 2. The number of carbonyl (C=O) groups is 2. The first-order valence-electron chi connectivity index (χ1n) is 11.5. The summed E-state index contributed by atoms with van der Waals surface area (Å²) in [4.78, 5) is 30.5. The number of benzene rings is 2. The Hall–Kier alpha value is -3.58. The normalized spacial score (nSPS) is 14.3. The quantitative estimate of drug-likeness (QED) is 0.500. The van der Waals surface area contributed by atoms with E-state index in [1.54, 1.807) is 24.3 Å². The highest BCUT2D eigenvalue weighted by atomic mass is 16.5. The molecule has 9 heteroatoms. The number of nitrogens with zero attached hydrogens (tertiary/aromatic N) is 2. The van der Waals surface area contributed by atoms with Gasteiger partial charge in [0.25, 0.3) is 5.91 Å². The molecule has 3 aromatic rings. The Kier molecular flexibility index (Phi) is 7.56. The molecular weight excluding hydrogens is 438 g/mol. The van der Waals surface area contributed by atoms with Gasteiger partial charge in [0.1, 0.15) is 21.4 Å². The van der Waals surface area contributed by atoms with Gasteiger partial charge in [-0.25, -0.2) is 0 Å². The predicted molar refractivity (Wildman–Crippen MR) is 137 cm³/mol.